The highest BCUT2D eigenvalue weighted by molar-refractivity contribution is 7.13. The van der Waals surface area contributed by atoms with E-state index in [4.69, 9.17) is 0 Å². The minimum absolute atomic E-state index is 0.0270. The third kappa shape index (κ3) is 4.37. The lowest BCUT2D eigenvalue weighted by Gasteiger charge is -2.39. The van der Waals surface area contributed by atoms with E-state index in [0.717, 1.165) is 22.0 Å². The second-order valence-corrected chi connectivity index (χ2v) is 9.90. The number of nitrogens with zero attached hydrogens (tertiary/aromatic N) is 4. The number of aromatic nitrogens is 4. The van der Waals surface area contributed by atoms with Gasteiger partial charge in [-0.3, -0.25) is 9.48 Å². The van der Waals surface area contributed by atoms with Crippen LogP contribution in [0.2, 0.25) is 0 Å². The highest BCUT2D eigenvalue weighted by Gasteiger charge is 2.44. The molecule has 0 spiro atoms. The number of rotatable bonds is 8. The van der Waals surface area contributed by atoms with Crippen molar-refractivity contribution in [1.82, 2.24) is 20.0 Å². The molecule has 36 heavy (non-hydrogen) atoms. The first-order chi connectivity index (χ1) is 17.6. The van der Waals surface area contributed by atoms with Crippen molar-refractivity contribution in [1.29, 1.82) is 0 Å². The van der Waals surface area contributed by atoms with Crippen molar-refractivity contribution in [3.63, 3.8) is 0 Å². The predicted molar refractivity (Wildman–Crippen MR) is 142 cm³/mol. The molecule has 0 bridgehead atoms. The molecule has 2 unspecified atom stereocenters. The first-order valence-electron chi connectivity index (χ1n) is 12.2. The molecule has 2 heterocycles. The molecule has 1 N–H and O–H groups in total. The zero-order valence-corrected chi connectivity index (χ0v) is 21.1. The fraction of sp³-hybridized carbons (Fsp3) is 0.286. The molecular formula is C28H28FN5OS. The minimum atomic E-state index is -0.703. The van der Waals surface area contributed by atoms with Gasteiger partial charge in [0, 0.05) is 11.3 Å². The minimum Gasteiger partial charge on any atom is -0.300 e. The highest BCUT2D eigenvalue weighted by Crippen LogP contribution is 2.47. The van der Waals surface area contributed by atoms with Crippen LogP contribution in [0.25, 0.3) is 10.9 Å². The van der Waals surface area contributed by atoms with Gasteiger partial charge in [0.1, 0.15) is 11.3 Å². The van der Waals surface area contributed by atoms with Crippen LogP contribution in [0, 0.1) is 5.41 Å². The van der Waals surface area contributed by atoms with Crippen LogP contribution in [-0.4, -0.2) is 25.9 Å². The number of hydrogen-bond acceptors (Lipinski definition) is 5. The van der Waals surface area contributed by atoms with Crippen LogP contribution in [0.4, 0.5) is 9.52 Å². The lowest BCUT2D eigenvalue weighted by Crippen LogP contribution is -2.41. The van der Waals surface area contributed by atoms with Gasteiger partial charge in [0.15, 0.2) is 0 Å². The van der Waals surface area contributed by atoms with Crippen LogP contribution in [0.3, 0.4) is 0 Å². The van der Waals surface area contributed by atoms with E-state index in [1.54, 1.807) is 11.6 Å². The second kappa shape index (κ2) is 10.1. The number of hydrogen-bond donors (Lipinski definition) is 1. The van der Waals surface area contributed by atoms with Gasteiger partial charge >= 0.3 is 0 Å². The van der Waals surface area contributed by atoms with Crippen LogP contribution in [-0.2, 0) is 4.79 Å². The Kier molecular flexibility index (Phi) is 6.78. The summed E-state index contributed by atoms with van der Waals surface area (Å²) in [6.07, 6.45) is 8.64. The van der Waals surface area contributed by atoms with Crippen LogP contribution >= 0.6 is 11.3 Å². The Morgan fingerprint density at radius 3 is 2.67 bits per heavy atom. The number of carbonyl (C=O) groups excluding carboxylic acids is 1. The number of halogens is 1. The summed E-state index contributed by atoms with van der Waals surface area (Å²) >= 11 is 1.31. The summed E-state index contributed by atoms with van der Waals surface area (Å²) in [5, 5.41) is 17.0. The van der Waals surface area contributed by atoms with E-state index >= 15 is 0 Å². The highest BCUT2D eigenvalue weighted by atomic mass is 32.1. The molecule has 0 radical (unpaired) electrons. The van der Waals surface area contributed by atoms with E-state index in [9.17, 15) is 9.18 Å². The van der Waals surface area contributed by atoms with Crippen molar-refractivity contribution < 1.29 is 9.18 Å². The third-order valence-electron chi connectivity index (χ3n) is 7.28. The summed E-state index contributed by atoms with van der Waals surface area (Å²) < 4.78 is 15.4. The Morgan fingerprint density at radius 2 is 2.00 bits per heavy atom. The number of carbonyl (C=O) groups is 1. The van der Waals surface area contributed by atoms with E-state index in [1.807, 2.05) is 35.2 Å². The fourth-order valence-electron chi connectivity index (χ4n) is 5.32. The first-order valence-corrected chi connectivity index (χ1v) is 13.1. The molecule has 8 heteroatoms. The molecule has 2 aromatic heterocycles. The number of anilines is 1. The molecule has 0 fully saturated rings. The number of fused-ring (bicyclic) bond motifs is 1. The quantitative estimate of drug-likeness (QED) is 0.288. The number of benzene rings is 2. The van der Waals surface area contributed by atoms with Gasteiger partial charge in [0.25, 0.3) is 0 Å². The van der Waals surface area contributed by atoms with Gasteiger partial charge < -0.3 is 5.32 Å². The summed E-state index contributed by atoms with van der Waals surface area (Å²) in [5.41, 5.74) is 4.02. The molecule has 2 aromatic carbocycles. The van der Waals surface area contributed by atoms with E-state index in [1.165, 1.54) is 17.4 Å². The van der Waals surface area contributed by atoms with E-state index in [2.05, 4.69) is 64.8 Å². The molecule has 4 aromatic rings. The zero-order chi connectivity index (χ0) is 25.1. The average molecular weight is 502 g/mol. The van der Waals surface area contributed by atoms with Gasteiger partial charge in [-0.05, 0) is 54.7 Å². The van der Waals surface area contributed by atoms with Crippen molar-refractivity contribution in [3.8, 4) is 0 Å². The van der Waals surface area contributed by atoms with Gasteiger partial charge in [-0.15, -0.1) is 10.2 Å². The monoisotopic (exact) mass is 501 g/mol. The Balaban J connectivity index is 1.59. The van der Waals surface area contributed by atoms with Crippen LogP contribution in [0.5, 0.6) is 0 Å². The van der Waals surface area contributed by atoms with Crippen molar-refractivity contribution >= 4 is 33.3 Å². The van der Waals surface area contributed by atoms with Crippen molar-refractivity contribution in [2.45, 2.75) is 45.1 Å². The third-order valence-corrected chi connectivity index (χ3v) is 7.89. The molecule has 5 rings (SSSR count). The molecule has 0 saturated carbocycles. The van der Waals surface area contributed by atoms with Crippen molar-refractivity contribution in [3.05, 3.63) is 95.4 Å². The Hall–Kier alpha value is -3.65. The van der Waals surface area contributed by atoms with Crippen molar-refractivity contribution in [2.75, 3.05) is 5.32 Å². The van der Waals surface area contributed by atoms with E-state index in [0.29, 0.717) is 24.4 Å². The summed E-state index contributed by atoms with van der Waals surface area (Å²) in [5.74, 6) is -0.450. The molecule has 184 valence electrons. The fourth-order valence-corrected chi connectivity index (χ4v) is 5.76. The van der Waals surface area contributed by atoms with Crippen LogP contribution < -0.4 is 5.32 Å². The predicted octanol–water partition coefficient (Wildman–Crippen LogP) is 6.82. The Labute approximate surface area is 213 Å². The molecule has 2 atom stereocenters. The maximum absolute atomic E-state index is 13.9. The van der Waals surface area contributed by atoms with E-state index < -0.39 is 5.41 Å². The lowest BCUT2D eigenvalue weighted by molar-refractivity contribution is -0.127. The molecule has 1 amide bonds. The largest absolute Gasteiger partial charge is 0.300 e. The molecule has 0 aliphatic heterocycles. The molecule has 0 saturated heterocycles. The smallest absolute Gasteiger partial charge is 0.233 e. The number of nitrogens with one attached hydrogen (secondary N) is 1. The summed E-state index contributed by atoms with van der Waals surface area (Å²) in [6, 6.07) is 16.5. The van der Waals surface area contributed by atoms with Crippen LogP contribution in [0.1, 0.15) is 56.2 Å². The molecule has 6 nitrogen and oxygen atoms in total. The molecule has 1 aliphatic carbocycles. The number of amides is 1. The summed E-state index contributed by atoms with van der Waals surface area (Å²) in [4.78, 5) is 13.9. The Morgan fingerprint density at radius 1 is 1.19 bits per heavy atom. The number of allylic oxidation sites excluding steroid dienone is 4. The van der Waals surface area contributed by atoms with Gasteiger partial charge in [0.05, 0.1) is 23.2 Å². The maximum atomic E-state index is 13.9. The molecular weight excluding hydrogens is 473 g/mol. The Bertz CT molecular complexity index is 1410. The van der Waals surface area contributed by atoms with E-state index in [-0.39, 0.29) is 23.7 Å². The zero-order valence-electron chi connectivity index (χ0n) is 20.3. The maximum Gasteiger partial charge on any atom is 0.233 e. The second-order valence-electron chi connectivity index (χ2n) is 9.06. The normalized spacial score (nSPS) is 16.6. The summed E-state index contributed by atoms with van der Waals surface area (Å²) in [6.45, 7) is 4.13. The molecule has 1 aliphatic rings. The van der Waals surface area contributed by atoms with Gasteiger partial charge in [0.2, 0.25) is 11.0 Å². The first kappa shape index (κ1) is 24.1. The van der Waals surface area contributed by atoms with Crippen LogP contribution in [0.15, 0.2) is 84.3 Å². The van der Waals surface area contributed by atoms with Gasteiger partial charge in [-0.25, -0.2) is 4.39 Å². The van der Waals surface area contributed by atoms with Gasteiger partial charge in [-0.2, -0.15) is 5.10 Å². The lowest BCUT2D eigenvalue weighted by atomic mass is 9.65. The topological polar surface area (TPSA) is 72.7 Å². The average Bonchev–Trinajstić information content (AvgIpc) is 3.58. The van der Waals surface area contributed by atoms with Gasteiger partial charge in [-0.1, -0.05) is 67.7 Å². The standard InChI is InChI=1S/C28H28FN5OS/c1-3-28(4-2,26(35)32-27-33-30-18-36-27)25(19-8-6-5-7-9-19)20-10-15-24-21(16-20)17-31-34(24)23-13-11-22(29)12-14-23/h5-13,15-18,23,25H,3-4,14H2,1-2H3,(H,32,33,35). The summed E-state index contributed by atoms with van der Waals surface area (Å²) in [7, 11) is 0. The SMILES string of the molecule is CCC(CC)(C(=O)Nc1nncs1)C(c1ccccc1)c1ccc2c(cnn2C2C=CC(F)=CC2)c1. The van der Waals surface area contributed by atoms with Crippen molar-refractivity contribution in [2.24, 2.45) is 5.41 Å².